The Morgan fingerprint density at radius 3 is 2.94 bits per heavy atom. The molecular formula is C13H16FN3O. The van der Waals surface area contributed by atoms with Crippen LogP contribution in [0.2, 0.25) is 0 Å². The number of aromatic nitrogens is 2. The van der Waals surface area contributed by atoms with Crippen LogP contribution in [0.15, 0.2) is 30.6 Å². The highest BCUT2D eigenvalue weighted by Crippen LogP contribution is 2.23. The summed E-state index contributed by atoms with van der Waals surface area (Å²) in [6, 6.07) is 5.10. The molecule has 0 fully saturated rings. The minimum absolute atomic E-state index is 0.0541. The molecular weight excluding hydrogens is 233 g/mol. The summed E-state index contributed by atoms with van der Waals surface area (Å²) in [6.45, 7) is 0. The summed E-state index contributed by atoms with van der Waals surface area (Å²) in [5.41, 5.74) is 0.602. The van der Waals surface area contributed by atoms with Crippen LogP contribution in [0.3, 0.4) is 0 Å². The standard InChI is InChI=1S/C13H16FN3O/c1-15-10(13-16-6-7-17-13)8-9-4-3-5-11(18-2)12(9)14/h3-7,10,15H,8H2,1-2H3,(H,16,17). The summed E-state index contributed by atoms with van der Waals surface area (Å²) in [7, 11) is 3.29. The molecule has 96 valence electrons. The van der Waals surface area contributed by atoms with Crippen molar-refractivity contribution >= 4 is 0 Å². The van der Waals surface area contributed by atoms with E-state index in [2.05, 4.69) is 15.3 Å². The Kier molecular flexibility index (Phi) is 3.94. The fourth-order valence-corrected chi connectivity index (χ4v) is 1.89. The summed E-state index contributed by atoms with van der Waals surface area (Å²) >= 11 is 0. The molecule has 4 nitrogen and oxygen atoms in total. The third kappa shape index (κ3) is 2.51. The zero-order valence-corrected chi connectivity index (χ0v) is 10.4. The second-order valence-electron chi connectivity index (χ2n) is 3.95. The van der Waals surface area contributed by atoms with E-state index in [4.69, 9.17) is 4.74 Å². The largest absolute Gasteiger partial charge is 0.494 e. The van der Waals surface area contributed by atoms with Gasteiger partial charge in [0.15, 0.2) is 11.6 Å². The van der Waals surface area contributed by atoms with Crippen LogP contribution in [0.5, 0.6) is 5.75 Å². The van der Waals surface area contributed by atoms with Crippen molar-refractivity contribution in [3.63, 3.8) is 0 Å². The number of ether oxygens (including phenoxy) is 1. The summed E-state index contributed by atoms with van der Waals surface area (Å²) in [5.74, 6) is 0.744. The Bertz CT molecular complexity index is 499. The van der Waals surface area contributed by atoms with E-state index in [-0.39, 0.29) is 17.6 Å². The molecule has 1 heterocycles. The molecule has 0 amide bonds. The summed E-state index contributed by atoms with van der Waals surface area (Å²) in [4.78, 5) is 7.21. The predicted octanol–water partition coefficient (Wildman–Crippen LogP) is 2.06. The first kappa shape index (κ1) is 12.6. The molecule has 1 unspecified atom stereocenters. The molecule has 1 atom stereocenters. The highest BCUT2D eigenvalue weighted by Gasteiger charge is 2.16. The van der Waals surface area contributed by atoms with Crippen LogP contribution in [0.4, 0.5) is 4.39 Å². The van der Waals surface area contributed by atoms with Gasteiger partial charge in [-0.15, -0.1) is 0 Å². The van der Waals surface area contributed by atoms with Crippen molar-refractivity contribution in [1.82, 2.24) is 15.3 Å². The van der Waals surface area contributed by atoms with E-state index in [9.17, 15) is 4.39 Å². The number of nitrogens with zero attached hydrogens (tertiary/aromatic N) is 1. The first-order chi connectivity index (χ1) is 8.76. The Balaban J connectivity index is 2.22. The molecule has 5 heteroatoms. The lowest BCUT2D eigenvalue weighted by atomic mass is 10.0. The fraction of sp³-hybridized carbons (Fsp3) is 0.308. The predicted molar refractivity (Wildman–Crippen MR) is 67.0 cm³/mol. The molecule has 0 saturated heterocycles. The lowest BCUT2D eigenvalue weighted by molar-refractivity contribution is 0.382. The van der Waals surface area contributed by atoms with Gasteiger partial charge in [-0.2, -0.15) is 0 Å². The van der Waals surface area contributed by atoms with Gasteiger partial charge in [0, 0.05) is 12.4 Å². The molecule has 0 aliphatic carbocycles. The van der Waals surface area contributed by atoms with Gasteiger partial charge < -0.3 is 15.0 Å². The number of aromatic amines is 1. The van der Waals surface area contributed by atoms with Crippen molar-refractivity contribution in [2.75, 3.05) is 14.2 Å². The maximum atomic E-state index is 14.0. The van der Waals surface area contributed by atoms with E-state index in [1.165, 1.54) is 7.11 Å². The van der Waals surface area contributed by atoms with Crippen molar-refractivity contribution < 1.29 is 9.13 Å². The van der Waals surface area contributed by atoms with Gasteiger partial charge in [-0.05, 0) is 25.1 Å². The van der Waals surface area contributed by atoms with Crippen LogP contribution in [0, 0.1) is 5.82 Å². The smallest absolute Gasteiger partial charge is 0.168 e. The van der Waals surface area contributed by atoms with Crippen LogP contribution >= 0.6 is 0 Å². The average molecular weight is 249 g/mol. The second kappa shape index (κ2) is 5.64. The zero-order chi connectivity index (χ0) is 13.0. The number of hydrogen-bond acceptors (Lipinski definition) is 3. The lowest BCUT2D eigenvalue weighted by Gasteiger charge is -2.15. The summed E-state index contributed by atoms with van der Waals surface area (Å²) in [6.07, 6.45) is 3.94. The number of H-pyrrole nitrogens is 1. The number of halogens is 1. The highest BCUT2D eigenvalue weighted by atomic mass is 19.1. The third-order valence-electron chi connectivity index (χ3n) is 2.89. The number of imidazole rings is 1. The van der Waals surface area contributed by atoms with Crippen molar-refractivity contribution in [1.29, 1.82) is 0 Å². The van der Waals surface area contributed by atoms with Crippen LogP contribution < -0.4 is 10.1 Å². The summed E-state index contributed by atoms with van der Waals surface area (Å²) in [5, 5.41) is 3.12. The number of benzene rings is 1. The van der Waals surface area contributed by atoms with E-state index in [0.29, 0.717) is 12.0 Å². The normalized spacial score (nSPS) is 12.4. The van der Waals surface area contributed by atoms with Gasteiger partial charge in [-0.1, -0.05) is 12.1 Å². The molecule has 1 aromatic carbocycles. The van der Waals surface area contributed by atoms with Gasteiger partial charge in [-0.25, -0.2) is 9.37 Å². The van der Waals surface area contributed by atoms with E-state index >= 15 is 0 Å². The van der Waals surface area contributed by atoms with Crippen LogP contribution in [-0.2, 0) is 6.42 Å². The van der Waals surface area contributed by atoms with Crippen molar-refractivity contribution in [2.45, 2.75) is 12.5 Å². The number of hydrogen-bond donors (Lipinski definition) is 2. The minimum Gasteiger partial charge on any atom is -0.494 e. The molecule has 0 bridgehead atoms. The number of nitrogens with one attached hydrogen (secondary N) is 2. The van der Waals surface area contributed by atoms with Crippen molar-refractivity contribution in [2.24, 2.45) is 0 Å². The Morgan fingerprint density at radius 2 is 2.33 bits per heavy atom. The highest BCUT2D eigenvalue weighted by molar-refractivity contribution is 5.31. The first-order valence-electron chi connectivity index (χ1n) is 5.74. The van der Waals surface area contributed by atoms with Crippen LogP contribution in [0.25, 0.3) is 0 Å². The Labute approximate surface area is 105 Å². The topological polar surface area (TPSA) is 49.9 Å². The van der Waals surface area contributed by atoms with Gasteiger partial charge >= 0.3 is 0 Å². The second-order valence-corrected chi connectivity index (χ2v) is 3.95. The van der Waals surface area contributed by atoms with Gasteiger partial charge in [0.1, 0.15) is 5.82 Å². The monoisotopic (exact) mass is 249 g/mol. The molecule has 1 aromatic heterocycles. The number of rotatable bonds is 5. The van der Waals surface area contributed by atoms with Gasteiger partial charge in [0.25, 0.3) is 0 Å². The molecule has 0 spiro atoms. The molecule has 0 aliphatic rings. The molecule has 0 aliphatic heterocycles. The maximum Gasteiger partial charge on any atom is 0.168 e. The number of likely N-dealkylation sites (N-methyl/N-ethyl adjacent to an activating group) is 1. The van der Waals surface area contributed by atoms with Gasteiger partial charge in [0.2, 0.25) is 0 Å². The van der Waals surface area contributed by atoms with E-state index in [1.54, 1.807) is 30.6 Å². The molecule has 0 saturated carbocycles. The Morgan fingerprint density at radius 1 is 1.50 bits per heavy atom. The average Bonchev–Trinajstić information content (AvgIpc) is 2.91. The van der Waals surface area contributed by atoms with E-state index < -0.39 is 0 Å². The minimum atomic E-state index is -0.313. The van der Waals surface area contributed by atoms with Gasteiger partial charge in [-0.3, -0.25) is 0 Å². The summed E-state index contributed by atoms with van der Waals surface area (Å²) < 4.78 is 19.0. The molecule has 2 rings (SSSR count). The lowest BCUT2D eigenvalue weighted by Crippen LogP contribution is -2.20. The van der Waals surface area contributed by atoms with E-state index in [1.807, 2.05) is 7.05 Å². The number of methoxy groups -OCH3 is 1. The van der Waals surface area contributed by atoms with E-state index in [0.717, 1.165) is 5.82 Å². The fourth-order valence-electron chi connectivity index (χ4n) is 1.89. The molecule has 2 N–H and O–H groups in total. The maximum absolute atomic E-state index is 14.0. The SMILES string of the molecule is CNC(Cc1cccc(OC)c1F)c1ncc[nH]1. The van der Waals surface area contributed by atoms with Crippen LogP contribution in [-0.4, -0.2) is 24.1 Å². The van der Waals surface area contributed by atoms with Crippen molar-refractivity contribution in [3.05, 3.63) is 47.8 Å². The molecule has 2 aromatic rings. The Hall–Kier alpha value is -1.88. The molecule has 18 heavy (non-hydrogen) atoms. The quantitative estimate of drug-likeness (QED) is 0.852. The first-order valence-corrected chi connectivity index (χ1v) is 5.74. The van der Waals surface area contributed by atoms with Crippen molar-refractivity contribution in [3.8, 4) is 5.75 Å². The zero-order valence-electron chi connectivity index (χ0n) is 10.4. The van der Waals surface area contributed by atoms with Crippen LogP contribution in [0.1, 0.15) is 17.4 Å². The van der Waals surface area contributed by atoms with Gasteiger partial charge in [0.05, 0.1) is 13.2 Å². The molecule has 0 radical (unpaired) electrons. The third-order valence-corrected chi connectivity index (χ3v) is 2.89.